The molecule has 0 bridgehead atoms. The lowest BCUT2D eigenvalue weighted by atomic mass is 9.89. The van der Waals surface area contributed by atoms with Crippen molar-refractivity contribution in [1.82, 2.24) is 5.32 Å². The van der Waals surface area contributed by atoms with Crippen molar-refractivity contribution < 1.29 is 4.74 Å². The van der Waals surface area contributed by atoms with Gasteiger partial charge in [-0.05, 0) is 42.6 Å². The predicted octanol–water partition coefficient (Wildman–Crippen LogP) is 3.94. The largest absolute Gasteiger partial charge is 0.496 e. The van der Waals surface area contributed by atoms with Crippen LogP contribution < -0.4 is 10.1 Å². The molecule has 0 saturated heterocycles. The Morgan fingerprint density at radius 2 is 1.76 bits per heavy atom. The molecule has 0 radical (unpaired) electrons. The zero-order valence-electron chi connectivity index (χ0n) is 13.2. The second-order valence-corrected chi connectivity index (χ2v) is 5.38. The van der Waals surface area contributed by atoms with Gasteiger partial charge >= 0.3 is 0 Å². The van der Waals surface area contributed by atoms with Gasteiger partial charge in [0.25, 0.3) is 0 Å². The standard InChI is InChI=1S/C19H25NO/c1-4-20-14-17(18-11-7-5-9-15(18)2)13-16-10-6-8-12-19(16)21-3/h5-12,17,20H,4,13-14H2,1-3H3. The molecule has 2 heteroatoms. The second kappa shape index (κ2) is 7.84. The van der Waals surface area contributed by atoms with Crippen LogP contribution >= 0.6 is 0 Å². The molecule has 112 valence electrons. The van der Waals surface area contributed by atoms with Crippen LogP contribution in [0.25, 0.3) is 0 Å². The fourth-order valence-corrected chi connectivity index (χ4v) is 2.79. The average Bonchev–Trinajstić information content (AvgIpc) is 2.52. The van der Waals surface area contributed by atoms with E-state index in [-0.39, 0.29) is 0 Å². The van der Waals surface area contributed by atoms with Crippen molar-refractivity contribution in [2.45, 2.75) is 26.2 Å². The summed E-state index contributed by atoms with van der Waals surface area (Å²) in [6.45, 7) is 6.32. The van der Waals surface area contributed by atoms with E-state index in [9.17, 15) is 0 Å². The van der Waals surface area contributed by atoms with Crippen molar-refractivity contribution in [3.05, 3.63) is 65.2 Å². The highest BCUT2D eigenvalue weighted by Crippen LogP contribution is 2.27. The van der Waals surface area contributed by atoms with Crippen LogP contribution in [0.4, 0.5) is 0 Å². The molecule has 0 aliphatic rings. The SMILES string of the molecule is CCNCC(Cc1ccccc1OC)c1ccccc1C. The number of nitrogens with one attached hydrogen (secondary N) is 1. The third-order valence-corrected chi connectivity index (χ3v) is 3.93. The molecule has 1 unspecified atom stereocenters. The fourth-order valence-electron chi connectivity index (χ4n) is 2.79. The van der Waals surface area contributed by atoms with Crippen LogP contribution in [0.3, 0.4) is 0 Å². The number of hydrogen-bond donors (Lipinski definition) is 1. The van der Waals surface area contributed by atoms with E-state index in [1.54, 1.807) is 7.11 Å². The quantitative estimate of drug-likeness (QED) is 0.831. The van der Waals surface area contributed by atoms with Gasteiger partial charge in [0.2, 0.25) is 0 Å². The van der Waals surface area contributed by atoms with Crippen molar-refractivity contribution in [2.75, 3.05) is 20.2 Å². The number of aryl methyl sites for hydroxylation is 1. The molecule has 2 aromatic rings. The van der Waals surface area contributed by atoms with Gasteiger partial charge in [-0.25, -0.2) is 0 Å². The van der Waals surface area contributed by atoms with Crippen LogP contribution in [0.2, 0.25) is 0 Å². The monoisotopic (exact) mass is 283 g/mol. The molecular weight excluding hydrogens is 258 g/mol. The summed E-state index contributed by atoms with van der Waals surface area (Å²) in [5.74, 6) is 1.44. The first-order valence-electron chi connectivity index (χ1n) is 7.64. The number of ether oxygens (including phenoxy) is 1. The Bertz CT molecular complexity index is 565. The Morgan fingerprint density at radius 1 is 1.05 bits per heavy atom. The molecule has 1 N–H and O–H groups in total. The van der Waals surface area contributed by atoms with Crippen molar-refractivity contribution in [1.29, 1.82) is 0 Å². The van der Waals surface area contributed by atoms with Crippen LogP contribution in [-0.4, -0.2) is 20.2 Å². The van der Waals surface area contributed by atoms with E-state index in [4.69, 9.17) is 4.74 Å². The Labute approximate surface area is 128 Å². The second-order valence-electron chi connectivity index (χ2n) is 5.38. The average molecular weight is 283 g/mol. The van der Waals surface area contributed by atoms with E-state index < -0.39 is 0 Å². The Morgan fingerprint density at radius 3 is 2.48 bits per heavy atom. The lowest BCUT2D eigenvalue weighted by molar-refractivity contribution is 0.407. The highest BCUT2D eigenvalue weighted by molar-refractivity contribution is 5.37. The summed E-state index contributed by atoms with van der Waals surface area (Å²) in [4.78, 5) is 0. The van der Waals surface area contributed by atoms with Crippen LogP contribution in [0.5, 0.6) is 5.75 Å². The molecule has 2 aromatic carbocycles. The van der Waals surface area contributed by atoms with Gasteiger partial charge in [0.1, 0.15) is 5.75 Å². The summed E-state index contributed by atoms with van der Waals surface area (Å²) in [6.07, 6.45) is 0.988. The minimum Gasteiger partial charge on any atom is -0.496 e. The molecular formula is C19H25NO. The molecule has 0 amide bonds. The molecule has 0 spiro atoms. The predicted molar refractivity (Wildman–Crippen MR) is 89.2 cm³/mol. The maximum Gasteiger partial charge on any atom is 0.122 e. The summed E-state index contributed by atoms with van der Waals surface area (Å²) in [7, 11) is 1.74. The van der Waals surface area contributed by atoms with Crippen molar-refractivity contribution in [2.24, 2.45) is 0 Å². The van der Waals surface area contributed by atoms with Crippen molar-refractivity contribution >= 4 is 0 Å². The summed E-state index contributed by atoms with van der Waals surface area (Å²) in [5.41, 5.74) is 4.05. The minimum atomic E-state index is 0.461. The molecule has 0 saturated carbocycles. The van der Waals surface area contributed by atoms with Gasteiger partial charge in [-0.15, -0.1) is 0 Å². The summed E-state index contributed by atoms with van der Waals surface area (Å²) >= 11 is 0. The summed E-state index contributed by atoms with van der Waals surface area (Å²) in [5, 5.41) is 3.49. The Kier molecular flexibility index (Phi) is 5.82. The van der Waals surface area contributed by atoms with E-state index >= 15 is 0 Å². The van der Waals surface area contributed by atoms with Gasteiger partial charge < -0.3 is 10.1 Å². The van der Waals surface area contributed by atoms with Gasteiger partial charge in [0.15, 0.2) is 0 Å². The molecule has 0 aliphatic heterocycles. The number of benzene rings is 2. The van der Waals surface area contributed by atoms with E-state index in [1.807, 2.05) is 12.1 Å². The lowest BCUT2D eigenvalue weighted by Crippen LogP contribution is -2.23. The van der Waals surface area contributed by atoms with Gasteiger partial charge in [-0.1, -0.05) is 49.4 Å². The van der Waals surface area contributed by atoms with Crippen LogP contribution in [0, 0.1) is 6.92 Å². The third kappa shape index (κ3) is 4.08. The van der Waals surface area contributed by atoms with Crippen LogP contribution in [0.15, 0.2) is 48.5 Å². The maximum atomic E-state index is 5.50. The number of methoxy groups -OCH3 is 1. The molecule has 1 atom stereocenters. The van der Waals surface area contributed by atoms with Crippen molar-refractivity contribution in [3.63, 3.8) is 0 Å². The zero-order valence-corrected chi connectivity index (χ0v) is 13.2. The number of rotatable bonds is 7. The first kappa shape index (κ1) is 15.6. The minimum absolute atomic E-state index is 0.461. The van der Waals surface area contributed by atoms with Crippen molar-refractivity contribution in [3.8, 4) is 5.75 Å². The van der Waals surface area contributed by atoms with Crippen LogP contribution in [0.1, 0.15) is 29.5 Å². The van der Waals surface area contributed by atoms with Gasteiger partial charge in [0, 0.05) is 12.5 Å². The Hall–Kier alpha value is -1.80. The van der Waals surface area contributed by atoms with Gasteiger partial charge in [-0.2, -0.15) is 0 Å². The molecule has 0 aromatic heterocycles. The smallest absolute Gasteiger partial charge is 0.122 e. The molecule has 21 heavy (non-hydrogen) atoms. The normalized spacial score (nSPS) is 12.1. The first-order chi connectivity index (χ1) is 10.3. The topological polar surface area (TPSA) is 21.3 Å². The number of para-hydroxylation sites is 1. The number of hydrogen-bond acceptors (Lipinski definition) is 2. The summed E-state index contributed by atoms with van der Waals surface area (Å²) < 4.78 is 5.50. The molecule has 2 nitrogen and oxygen atoms in total. The van der Waals surface area contributed by atoms with Gasteiger partial charge in [-0.3, -0.25) is 0 Å². The van der Waals surface area contributed by atoms with Gasteiger partial charge in [0.05, 0.1) is 7.11 Å². The first-order valence-corrected chi connectivity index (χ1v) is 7.64. The highest BCUT2D eigenvalue weighted by Gasteiger charge is 2.16. The third-order valence-electron chi connectivity index (χ3n) is 3.93. The Balaban J connectivity index is 2.26. The van der Waals surface area contributed by atoms with E-state index in [0.717, 1.165) is 25.3 Å². The fraction of sp³-hybridized carbons (Fsp3) is 0.368. The molecule has 0 aliphatic carbocycles. The zero-order chi connectivity index (χ0) is 15.1. The molecule has 2 rings (SSSR count). The van der Waals surface area contributed by atoms with E-state index in [1.165, 1.54) is 16.7 Å². The molecule has 0 fully saturated rings. The number of likely N-dealkylation sites (N-methyl/N-ethyl adjacent to an activating group) is 1. The van der Waals surface area contributed by atoms with E-state index in [0.29, 0.717) is 5.92 Å². The maximum absolute atomic E-state index is 5.50. The lowest BCUT2D eigenvalue weighted by Gasteiger charge is -2.21. The summed E-state index contributed by atoms with van der Waals surface area (Å²) in [6, 6.07) is 17.0. The van der Waals surface area contributed by atoms with E-state index in [2.05, 4.69) is 55.6 Å². The highest BCUT2D eigenvalue weighted by atomic mass is 16.5. The molecule has 0 heterocycles. The van der Waals surface area contributed by atoms with Crippen LogP contribution in [-0.2, 0) is 6.42 Å².